The van der Waals surface area contributed by atoms with Crippen molar-refractivity contribution in [2.45, 2.75) is 56.7 Å². The number of anilines is 1. The number of piperidine rings is 1. The number of aliphatic hydroxyl groups excluding tert-OH is 2. The van der Waals surface area contributed by atoms with Gasteiger partial charge in [-0.1, -0.05) is 6.07 Å². The van der Waals surface area contributed by atoms with Crippen LogP contribution < -0.4 is 4.90 Å². The van der Waals surface area contributed by atoms with Crippen LogP contribution >= 0.6 is 0 Å². The van der Waals surface area contributed by atoms with E-state index in [1.54, 1.807) is 6.07 Å². The van der Waals surface area contributed by atoms with Crippen LogP contribution in [0, 0.1) is 0 Å². The fourth-order valence-corrected chi connectivity index (χ4v) is 3.70. The topological polar surface area (TPSA) is 43.7 Å². The number of hydrogen-bond donors (Lipinski definition) is 2. The fourth-order valence-electron chi connectivity index (χ4n) is 3.70. The van der Waals surface area contributed by atoms with Crippen molar-refractivity contribution in [3.8, 4) is 0 Å². The summed E-state index contributed by atoms with van der Waals surface area (Å²) in [6, 6.07) is 4.35. The quantitative estimate of drug-likeness (QED) is 0.882. The number of alkyl halides is 3. The minimum Gasteiger partial charge on any atom is -0.393 e. The zero-order valence-electron chi connectivity index (χ0n) is 11.5. The molecule has 1 aromatic rings. The van der Waals surface area contributed by atoms with Gasteiger partial charge < -0.3 is 15.1 Å². The molecule has 2 heterocycles. The third kappa shape index (κ3) is 2.62. The van der Waals surface area contributed by atoms with Gasteiger partial charge in [-0.15, -0.1) is 0 Å². The Morgan fingerprint density at radius 3 is 2.29 bits per heavy atom. The second-order valence-electron chi connectivity index (χ2n) is 5.91. The van der Waals surface area contributed by atoms with E-state index in [9.17, 15) is 18.3 Å². The number of hydrogen-bond acceptors (Lipinski definition) is 3. The van der Waals surface area contributed by atoms with E-state index in [0.29, 0.717) is 18.5 Å². The Kier molecular flexibility index (Phi) is 3.61. The van der Waals surface area contributed by atoms with Crippen LogP contribution in [0.15, 0.2) is 18.2 Å². The van der Waals surface area contributed by atoms with E-state index in [0.717, 1.165) is 18.9 Å². The molecule has 2 atom stereocenters. The molecule has 1 aromatic carbocycles. The summed E-state index contributed by atoms with van der Waals surface area (Å²) in [5.41, 5.74) is -0.331. The predicted molar refractivity (Wildman–Crippen MR) is 71.9 cm³/mol. The lowest BCUT2D eigenvalue weighted by molar-refractivity contribution is -0.138. The number of rotatable bonds is 2. The van der Waals surface area contributed by atoms with Gasteiger partial charge in [0.1, 0.15) is 0 Å². The molecule has 116 valence electrons. The lowest BCUT2D eigenvalue weighted by Gasteiger charge is -2.39. The molecule has 3 nitrogen and oxygen atoms in total. The van der Waals surface area contributed by atoms with Crippen LogP contribution in [0.25, 0.3) is 0 Å². The minimum absolute atomic E-state index is 0.101. The van der Waals surface area contributed by atoms with E-state index in [1.807, 2.05) is 4.90 Å². The van der Waals surface area contributed by atoms with Gasteiger partial charge in [-0.25, -0.2) is 0 Å². The second-order valence-corrected chi connectivity index (χ2v) is 5.91. The summed E-state index contributed by atoms with van der Waals surface area (Å²) >= 11 is 0. The number of nitrogens with zero attached hydrogens (tertiary/aromatic N) is 1. The van der Waals surface area contributed by atoms with Crippen molar-refractivity contribution in [1.82, 2.24) is 0 Å². The minimum atomic E-state index is -4.47. The highest BCUT2D eigenvalue weighted by molar-refractivity contribution is 5.55. The van der Waals surface area contributed by atoms with Gasteiger partial charge in [-0.3, -0.25) is 0 Å². The summed E-state index contributed by atoms with van der Waals surface area (Å²) in [5, 5.41) is 18.9. The molecule has 2 bridgehead atoms. The van der Waals surface area contributed by atoms with Crippen molar-refractivity contribution in [2.24, 2.45) is 0 Å². The van der Waals surface area contributed by atoms with Gasteiger partial charge in [0, 0.05) is 17.8 Å². The predicted octanol–water partition coefficient (Wildman–Crippen LogP) is 2.69. The molecule has 6 heteroatoms. The van der Waals surface area contributed by atoms with Crippen LogP contribution in [-0.4, -0.2) is 28.4 Å². The van der Waals surface area contributed by atoms with Crippen molar-refractivity contribution in [1.29, 1.82) is 0 Å². The van der Waals surface area contributed by atoms with Gasteiger partial charge in [0.05, 0.1) is 18.3 Å². The summed E-state index contributed by atoms with van der Waals surface area (Å²) < 4.78 is 39.3. The Bertz CT molecular complexity index is 518. The molecule has 0 saturated carbocycles. The van der Waals surface area contributed by atoms with Crippen LogP contribution in [0.1, 0.15) is 36.8 Å². The molecule has 0 aliphatic carbocycles. The molecule has 21 heavy (non-hydrogen) atoms. The number of halogens is 3. The largest absolute Gasteiger partial charge is 0.416 e. The van der Waals surface area contributed by atoms with Gasteiger partial charge in [0.2, 0.25) is 0 Å². The number of aliphatic hydroxyl groups is 2. The third-order valence-electron chi connectivity index (χ3n) is 4.58. The molecule has 0 spiro atoms. The lowest BCUT2D eigenvalue weighted by atomic mass is 9.97. The van der Waals surface area contributed by atoms with E-state index in [2.05, 4.69) is 0 Å². The lowest BCUT2D eigenvalue weighted by Crippen LogP contribution is -2.44. The fraction of sp³-hybridized carbons (Fsp3) is 0.600. The average molecular weight is 301 g/mol. The molecule has 2 aliphatic rings. The van der Waals surface area contributed by atoms with E-state index >= 15 is 0 Å². The van der Waals surface area contributed by atoms with Crippen LogP contribution in [0.5, 0.6) is 0 Å². The first kappa shape index (κ1) is 14.7. The molecule has 2 fully saturated rings. The Morgan fingerprint density at radius 2 is 1.76 bits per heavy atom. The molecule has 2 aliphatic heterocycles. The smallest absolute Gasteiger partial charge is 0.393 e. The van der Waals surface area contributed by atoms with E-state index in [-0.39, 0.29) is 23.8 Å². The molecular formula is C15H18F3NO2. The van der Waals surface area contributed by atoms with Crippen LogP contribution in [0.3, 0.4) is 0 Å². The normalized spacial score (nSPS) is 29.0. The van der Waals surface area contributed by atoms with E-state index < -0.39 is 18.3 Å². The van der Waals surface area contributed by atoms with Crippen molar-refractivity contribution in [3.63, 3.8) is 0 Å². The first-order chi connectivity index (χ1) is 9.90. The Labute approximate surface area is 121 Å². The molecular weight excluding hydrogens is 283 g/mol. The average Bonchev–Trinajstić information content (AvgIpc) is 2.69. The number of benzene rings is 1. The van der Waals surface area contributed by atoms with Crippen molar-refractivity contribution < 1.29 is 23.4 Å². The van der Waals surface area contributed by atoms with Gasteiger partial charge in [-0.05, 0) is 43.4 Å². The highest BCUT2D eigenvalue weighted by atomic mass is 19.4. The standard InChI is InChI=1S/C15H18F3NO2/c16-15(17,18)14-7-12(2-1-9(14)8-20)19-10-3-4-11(19)6-13(21)5-10/h1-2,7,10-11,13,20-21H,3-6,8H2. The van der Waals surface area contributed by atoms with Gasteiger partial charge >= 0.3 is 6.18 Å². The maximum Gasteiger partial charge on any atom is 0.416 e. The monoisotopic (exact) mass is 301 g/mol. The van der Waals surface area contributed by atoms with Crippen LogP contribution in [-0.2, 0) is 12.8 Å². The second kappa shape index (κ2) is 5.18. The molecule has 0 radical (unpaired) electrons. The molecule has 2 N–H and O–H groups in total. The number of fused-ring (bicyclic) bond motifs is 2. The zero-order valence-corrected chi connectivity index (χ0v) is 11.5. The van der Waals surface area contributed by atoms with Gasteiger partial charge in [-0.2, -0.15) is 13.2 Å². The zero-order chi connectivity index (χ0) is 15.2. The Hall–Kier alpha value is -1.27. The highest BCUT2D eigenvalue weighted by Crippen LogP contribution is 2.42. The molecule has 3 rings (SSSR count). The first-order valence-corrected chi connectivity index (χ1v) is 7.17. The van der Waals surface area contributed by atoms with E-state index in [4.69, 9.17) is 5.11 Å². The Morgan fingerprint density at radius 1 is 1.14 bits per heavy atom. The van der Waals surface area contributed by atoms with Crippen molar-refractivity contribution in [2.75, 3.05) is 4.90 Å². The molecule has 2 unspecified atom stereocenters. The van der Waals surface area contributed by atoms with Crippen molar-refractivity contribution >= 4 is 5.69 Å². The maximum absolute atomic E-state index is 13.1. The summed E-state index contributed by atoms with van der Waals surface area (Å²) in [6.45, 7) is -0.624. The first-order valence-electron chi connectivity index (χ1n) is 7.17. The third-order valence-corrected chi connectivity index (χ3v) is 4.58. The summed E-state index contributed by atoms with van der Waals surface area (Å²) in [6.07, 6.45) is -1.78. The Balaban J connectivity index is 1.97. The van der Waals surface area contributed by atoms with Gasteiger partial charge in [0.25, 0.3) is 0 Å². The van der Waals surface area contributed by atoms with Crippen LogP contribution in [0.2, 0.25) is 0 Å². The summed E-state index contributed by atoms with van der Waals surface area (Å²) in [7, 11) is 0. The summed E-state index contributed by atoms with van der Waals surface area (Å²) in [5.74, 6) is 0. The maximum atomic E-state index is 13.1. The molecule has 0 aromatic heterocycles. The summed E-state index contributed by atoms with van der Waals surface area (Å²) in [4.78, 5) is 2.02. The van der Waals surface area contributed by atoms with Crippen LogP contribution in [0.4, 0.5) is 18.9 Å². The molecule has 0 amide bonds. The SMILES string of the molecule is OCc1ccc(N2C3CCC2CC(O)C3)cc1C(F)(F)F. The van der Waals surface area contributed by atoms with E-state index in [1.165, 1.54) is 6.07 Å². The van der Waals surface area contributed by atoms with Crippen molar-refractivity contribution in [3.05, 3.63) is 29.3 Å². The molecule has 2 saturated heterocycles. The highest BCUT2D eigenvalue weighted by Gasteiger charge is 2.41. The van der Waals surface area contributed by atoms with Gasteiger partial charge in [0.15, 0.2) is 0 Å².